The maximum Gasteiger partial charge on any atom is 0.256 e. The molecular formula is C30H31ClN4O3. The number of rotatable bonds is 6. The lowest BCUT2D eigenvalue weighted by molar-refractivity contribution is 0.0489. The molecule has 3 aliphatic heterocycles. The van der Waals surface area contributed by atoms with E-state index in [9.17, 15) is 9.59 Å². The molecule has 2 fully saturated rings. The lowest BCUT2D eigenvalue weighted by Gasteiger charge is -2.36. The van der Waals surface area contributed by atoms with Gasteiger partial charge in [0.25, 0.3) is 11.8 Å². The molecule has 2 unspecified atom stereocenters. The monoisotopic (exact) mass is 530 g/mol. The van der Waals surface area contributed by atoms with Crippen LogP contribution in [0.5, 0.6) is 0 Å². The van der Waals surface area contributed by atoms with Crippen LogP contribution < -0.4 is 10.2 Å². The predicted octanol–water partition coefficient (Wildman–Crippen LogP) is 5.05. The van der Waals surface area contributed by atoms with Crippen LogP contribution in [0.3, 0.4) is 0 Å². The highest BCUT2D eigenvalue weighted by atomic mass is 35.5. The number of amides is 2. The summed E-state index contributed by atoms with van der Waals surface area (Å²) in [7, 11) is 0. The molecule has 7 nitrogen and oxygen atoms in total. The molecule has 0 saturated carbocycles. The third kappa shape index (κ3) is 4.96. The molecule has 0 radical (unpaired) electrons. The van der Waals surface area contributed by atoms with Gasteiger partial charge in [-0.25, -0.2) is 0 Å². The van der Waals surface area contributed by atoms with Crippen LogP contribution in [0.1, 0.15) is 45.3 Å². The Balaban J connectivity index is 1.12. The number of fused-ring (bicyclic) bond motifs is 1. The van der Waals surface area contributed by atoms with Gasteiger partial charge in [-0.05, 0) is 61.4 Å². The fourth-order valence-corrected chi connectivity index (χ4v) is 5.80. The fourth-order valence-electron chi connectivity index (χ4n) is 5.61. The molecule has 2 atom stereocenters. The van der Waals surface area contributed by atoms with E-state index in [1.165, 1.54) is 0 Å². The topological polar surface area (TPSA) is 65.1 Å². The number of nitrogens with zero attached hydrogens (tertiary/aromatic N) is 3. The van der Waals surface area contributed by atoms with Crippen molar-refractivity contribution in [3.8, 4) is 0 Å². The van der Waals surface area contributed by atoms with Crippen molar-refractivity contribution < 1.29 is 14.3 Å². The zero-order valence-electron chi connectivity index (χ0n) is 21.2. The number of ether oxygens (including phenoxy) is 1. The fraction of sp³-hybridized carbons (Fsp3) is 0.333. The molecule has 3 heterocycles. The molecule has 1 N–H and O–H groups in total. The summed E-state index contributed by atoms with van der Waals surface area (Å²) in [6, 6.07) is 23.1. The van der Waals surface area contributed by atoms with E-state index in [-0.39, 0.29) is 24.1 Å². The Hall–Kier alpha value is -3.55. The predicted molar refractivity (Wildman–Crippen MR) is 149 cm³/mol. The van der Waals surface area contributed by atoms with Crippen molar-refractivity contribution >= 4 is 34.8 Å². The van der Waals surface area contributed by atoms with Crippen molar-refractivity contribution in [2.75, 3.05) is 49.5 Å². The van der Waals surface area contributed by atoms with Crippen molar-refractivity contribution in [2.45, 2.75) is 25.1 Å². The van der Waals surface area contributed by atoms with Crippen LogP contribution >= 0.6 is 11.6 Å². The number of piperazine rings is 1. The first-order valence-electron chi connectivity index (χ1n) is 13.2. The van der Waals surface area contributed by atoms with E-state index in [1.54, 1.807) is 0 Å². The summed E-state index contributed by atoms with van der Waals surface area (Å²) in [5.41, 5.74) is 4.30. The lowest BCUT2D eigenvalue weighted by Crippen LogP contribution is -2.48. The molecule has 3 aliphatic rings. The number of hydrogen-bond acceptors (Lipinski definition) is 5. The third-order valence-electron chi connectivity index (χ3n) is 7.66. The molecule has 2 amide bonds. The zero-order valence-corrected chi connectivity index (χ0v) is 21.9. The SMILES string of the molecule is O=C(c1ccc(NC2c3ccccc3C(=O)N2CC2CCCO2)cc1)N1CCN(c2cccc(Cl)c2)CC1. The number of carbonyl (C=O) groups is 2. The Morgan fingerprint density at radius 3 is 2.50 bits per heavy atom. The van der Waals surface area contributed by atoms with Gasteiger partial charge in [0.05, 0.1) is 6.10 Å². The van der Waals surface area contributed by atoms with Crippen molar-refractivity contribution in [1.29, 1.82) is 0 Å². The second-order valence-corrected chi connectivity index (χ2v) is 10.5. The van der Waals surface area contributed by atoms with Crippen molar-refractivity contribution in [2.24, 2.45) is 0 Å². The molecule has 8 heteroatoms. The van der Waals surface area contributed by atoms with Crippen LogP contribution in [0.25, 0.3) is 0 Å². The first-order valence-corrected chi connectivity index (χ1v) is 13.6. The molecule has 196 valence electrons. The van der Waals surface area contributed by atoms with E-state index >= 15 is 0 Å². The average molecular weight is 531 g/mol. The van der Waals surface area contributed by atoms with E-state index in [0.29, 0.717) is 25.2 Å². The molecule has 6 rings (SSSR count). The standard InChI is InChI=1S/C30H31ClN4O3/c31-22-5-3-6-24(19-22)33-14-16-34(17-15-33)29(36)21-10-12-23(13-11-21)32-28-26-8-1-2-9-27(26)30(37)35(28)20-25-7-4-18-38-25/h1-3,5-6,8-13,19,25,28,32H,4,7,14-18,20H2. The number of anilines is 2. The Bertz CT molecular complexity index is 1320. The molecular weight excluding hydrogens is 500 g/mol. The average Bonchev–Trinajstić information content (AvgIpc) is 3.56. The molecule has 3 aromatic carbocycles. The molecule has 3 aromatic rings. The van der Waals surface area contributed by atoms with Gasteiger partial charge in [0.2, 0.25) is 0 Å². The number of nitrogens with one attached hydrogen (secondary N) is 1. The molecule has 0 spiro atoms. The van der Waals surface area contributed by atoms with E-state index < -0.39 is 0 Å². The smallest absolute Gasteiger partial charge is 0.256 e. The summed E-state index contributed by atoms with van der Waals surface area (Å²) in [5, 5.41) is 4.25. The third-order valence-corrected chi connectivity index (χ3v) is 7.89. The van der Waals surface area contributed by atoms with Crippen molar-refractivity contribution in [3.63, 3.8) is 0 Å². The first kappa shape index (κ1) is 24.8. The van der Waals surface area contributed by atoms with Crippen LogP contribution in [-0.4, -0.2) is 67.0 Å². The van der Waals surface area contributed by atoms with Gasteiger partial charge in [0.15, 0.2) is 0 Å². The van der Waals surface area contributed by atoms with Gasteiger partial charge in [-0.1, -0.05) is 35.9 Å². The second kappa shape index (κ2) is 10.7. The summed E-state index contributed by atoms with van der Waals surface area (Å²) < 4.78 is 5.82. The molecule has 2 saturated heterocycles. The van der Waals surface area contributed by atoms with E-state index in [1.807, 2.05) is 82.6 Å². The summed E-state index contributed by atoms with van der Waals surface area (Å²) in [5.74, 6) is 0.0565. The summed E-state index contributed by atoms with van der Waals surface area (Å²) in [4.78, 5) is 32.4. The minimum atomic E-state index is -0.274. The Kier molecular flexibility index (Phi) is 6.96. The normalized spacial score (nSPS) is 21.1. The van der Waals surface area contributed by atoms with E-state index in [4.69, 9.17) is 16.3 Å². The summed E-state index contributed by atoms with van der Waals surface area (Å²) >= 11 is 6.15. The zero-order chi connectivity index (χ0) is 26.1. The van der Waals surface area contributed by atoms with E-state index in [2.05, 4.69) is 10.2 Å². The van der Waals surface area contributed by atoms with Crippen LogP contribution in [0.15, 0.2) is 72.8 Å². The highest BCUT2D eigenvalue weighted by Gasteiger charge is 2.38. The Morgan fingerprint density at radius 1 is 0.974 bits per heavy atom. The molecule has 0 bridgehead atoms. The number of hydrogen-bond donors (Lipinski definition) is 1. The highest BCUT2D eigenvalue weighted by molar-refractivity contribution is 6.30. The maximum atomic E-state index is 13.2. The van der Waals surface area contributed by atoms with Gasteiger partial charge in [-0.15, -0.1) is 0 Å². The molecule has 0 aromatic heterocycles. The Labute approximate surface area is 227 Å². The van der Waals surface area contributed by atoms with Gasteiger partial charge in [-0.2, -0.15) is 0 Å². The number of carbonyl (C=O) groups excluding carboxylic acids is 2. The minimum Gasteiger partial charge on any atom is -0.376 e. The number of benzene rings is 3. The van der Waals surface area contributed by atoms with Crippen molar-refractivity contribution in [3.05, 3.63) is 94.5 Å². The van der Waals surface area contributed by atoms with Crippen molar-refractivity contribution in [1.82, 2.24) is 9.80 Å². The van der Waals surface area contributed by atoms with E-state index in [0.717, 1.165) is 60.1 Å². The van der Waals surface area contributed by atoms with Gasteiger partial charge in [0.1, 0.15) is 6.17 Å². The first-order chi connectivity index (χ1) is 18.6. The summed E-state index contributed by atoms with van der Waals surface area (Å²) in [6.45, 7) is 4.16. The van der Waals surface area contributed by atoms with Gasteiger partial charge < -0.3 is 24.8 Å². The highest BCUT2D eigenvalue weighted by Crippen LogP contribution is 2.35. The quantitative estimate of drug-likeness (QED) is 0.483. The van der Waals surface area contributed by atoms with Crippen LogP contribution in [0, 0.1) is 0 Å². The van der Waals surface area contributed by atoms with Crippen LogP contribution in [0.4, 0.5) is 11.4 Å². The van der Waals surface area contributed by atoms with Gasteiger partial charge in [-0.3, -0.25) is 9.59 Å². The van der Waals surface area contributed by atoms with Gasteiger partial charge >= 0.3 is 0 Å². The molecule has 38 heavy (non-hydrogen) atoms. The largest absolute Gasteiger partial charge is 0.376 e. The van der Waals surface area contributed by atoms with Gasteiger partial charge in [0, 0.05) is 72.4 Å². The summed E-state index contributed by atoms with van der Waals surface area (Å²) in [6.07, 6.45) is 1.79. The molecule has 0 aliphatic carbocycles. The lowest BCUT2D eigenvalue weighted by atomic mass is 10.1. The van der Waals surface area contributed by atoms with Crippen LogP contribution in [-0.2, 0) is 4.74 Å². The maximum absolute atomic E-state index is 13.2. The van der Waals surface area contributed by atoms with Crippen LogP contribution in [0.2, 0.25) is 5.02 Å². The Morgan fingerprint density at radius 2 is 1.76 bits per heavy atom. The number of halogens is 1. The second-order valence-electron chi connectivity index (χ2n) is 10.1. The minimum absolute atomic E-state index is 0.0253.